The molecule has 2 amide bonds. The number of amides is 2. The first kappa shape index (κ1) is 11.7. The molecule has 0 unspecified atom stereocenters. The Hall–Kier alpha value is -0.780. The molecule has 1 saturated heterocycles. The topological polar surface area (TPSA) is 37.4 Å². The molecule has 1 aliphatic heterocycles. The van der Waals surface area contributed by atoms with E-state index in [1.807, 2.05) is 6.07 Å². The third-order valence-corrected chi connectivity index (χ3v) is 4.14. The van der Waals surface area contributed by atoms with Crippen molar-refractivity contribution in [1.29, 1.82) is 0 Å². The van der Waals surface area contributed by atoms with Gasteiger partial charge in [-0.05, 0) is 36.9 Å². The van der Waals surface area contributed by atoms with Crippen LogP contribution in [0.3, 0.4) is 0 Å². The number of hydrogen-bond acceptors (Lipinski definition) is 4. The molecule has 0 aromatic carbocycles. The standard InChI is InChI=1S/C10H8ClNO2S2/c1-2-12-9(13)7(16-10(12)14)5-6-3-4-8(11)15-6/h3-5H,2H2,1H3. The van der Waals surface area contributed by atoms with Crippen LogP contribution >= 0.6 is 34.7 Å². The van der Waals surface area contributed by atoms with E-state index < -0.39 is 0 Å². The summed E-state index contributed by atoms with van der Waals surface area (Å²) in [6, 6.07) is 3.59. The van der Waals surface area contributed by atoms with E-state index in [1.54, 1.807) is 19.1 Å². The third kappa shape index (κ3) is 2.16. The third-order valence-electron chi connectivity index (χ3n) is 2.06. The second-order valence-corrected chi connectivity index (χ2v) is 5.81. The Balaban J connectivity index is 2.27. The van der Waals surface area contributed by atoms with Gasteiger partial charge in [0.2, 0.25) is 0 Å². The Morgan fingerprint density at radius 2 is 2.19 bits per heavy atom. The number of rotatable bonds is 2. The molecule has 1 aliphatic rings. The van der Waals surface area contributed by atoms with Gasteiger partial charge in [-0.2, -0.15) is 0 Å². The molecule has 1 aromatic heterocycles. The van der Waals surface area contributed by atoms with Crippen molar-refractivity contribution in [3.05, 3.63) is 26.3 Å². The second kappa shape index (κ2) is 4.61. The van der Waals surface area contributed by atoms with Crippen LogP contribution in [0, 0.1) is 0 Å². The minimum absolute atomic E-state index is 0.207. The Morgan fingerprint density at radius 1 is 1.44 bits per heavy atom. The lowest BCUT2D eigenvalue weighted by molar-refractivity contribution is -0.122. The molecular weight excluding hydrogens is 266 g/mol. The fourth-order valence-corrected chi connectivity index (χ4v) is 3.28. The molecule has 3 nitrogen and oxygen atoms in total. The summed E-state index contributed by atoms with van der Waals surface area (Å²) >= 11 is 8.14. The number of thioether (sulfide) groups is 1. The largest absolute Gasteiger partial charge is 0.293 e. The first-order valence-corrected chi connectivity index (χ1v) is 6.63. The van der Waals surface area contributed by atoms with Crippen LogP contribution in [0.5, 0.6) is 0 Å². The van der Waals surface area contributed by atoms with E-state index >= 15 is 0 Å². The minimum Gasteiger partial charge on any atom is -0.269 e. The Morgan fingerprint density at radius 3 is 2.69 bits per heavy atom. The van der Waals surface area contributed by atoms with E-state index in [0.29, 0.717) is 15.8 Å². The molecule has 1 fully saturated rings. The van der Waals surface area contributed by atoms with Gasteiger partial charge in [0.05, 0.1) is 9.24 Å². The lowest BCUT2D eigenvalue weighted by atomic mass is 10.4. The number of carbonyl (C=O) groups is 2. The first-order chi connectivity index (χ1) is 7.61. The van der Waals surface area contributed by atoms with Gasteiger partial charge in [0.1, 0.15) is 0 Å². The predicted molar refractivity (Wildman–Crippen MR) is 67.7 cm³/mol. The highest BCUT2D eigenvalue weighted by Gasteiger charge is 2.33. The van der Waals surface area contributed by atoms with Crippen molar-refractivity contribution in [2.45, 2.75) is 6.92 Å². The molecule has 0 aliphatic carbocycles. The predicted octanol–water partition coefficient (Wildman–Crippen LogP) is 3.46. The van der Waals surface area contributed by atoms with Crippen molar-refractivity contribution in [3.63, 3.8) is 0 Å². The molecule has 84 valence electrons. The highest BCUT2D eigenvalue weighted by Crippen LogP contribution is 2.33. The van der Waals surface area contributed by atoms with E-state index in [4.69, 9.17) is 11.6 Å². The number of imide groups is 1. The van der Waals surface area contributed by atoms with Crippen molar-refractivity contribution in [1.82, 2.24) is 4.90 Å². The van der Waals surface area contributed by atoms with Crippen molar-refractivity contribution >= 4 is 51.9 Å². The fraction of sp³-hybridized carbons (Fsp3) is 0.200. The van der Waals surface area contributed by atoms with E-state index in [-0.39, 0.29) is 11.1 Å². The molecule has 1 aromatic rings. The zero-order chi connectivity index (χ0) is 11.7. The SMILES string of the molecule is CCN1C(=O)SC(=Cc2ccc(Cl)s2)C1=O. The second-order valence-electron chi connectivity index (χ2n) is 3.07. The monoisotopic (exact) mass is 273 g/mol. The molecule has 0 atom stereocenters. The highest BCUT2D eigenvalue weighted by atomic mass is 35.5. The van der Waals surface area contributed by atoms with Crippen LogP contribution < -0.4 is 0 Å². The molecule has 16 heavy (non-hydrogen) atoms. The summed E-state index contributed by atoms with van der Waals surface area (Å²) in [5.41, 5.74) is 0. The summed E-state index contributed by atoms with van der Waals surface area (Å²) in [6.45, 7) is 2.19. The van der Waals surface area contributed by atoms with Gasteiger partial charge in [0.25, 0.3) is 11.1 Å². The maximum atomic E-state index is 11.7. The fourth-order valence-electron chi connectivity index (χ4n) is 1.31. The molecule has 0 bridgehead atoms. The van der Waals surface area contributed by atoms with Gasteiger partial charge >= 0.3 is 0 Å². The lowest BCUT2D eigenvalue weighted by Gasteiger charge is -2.06. The molecule has 6 heteroatoms. The minimum atomic E-state index is -0.220. The van der Waals surface area contributed by atoms with Crippen molar-refractivity contribution in [2.75, 3.05) is 6.54 Å². The van der Waals surface area contributed by atoms with Crippen LogP contribution in [0.25, 0.3) is 6.08 Å². The van der Waals surface area contributed by atoms with E-state index in [0.717, 1.165) is 16.6 Å². The summed E-state index contributed by atoms with van der Waals surface area (Å²) in [5, 5.41) is -0.207. The van der Waals surface area contributed by atoms with Gasteiger partial charge in [0, 0.05) is 11.4 Å². The van der Waals surface area contributed by atoms with Crippen molar-refractivity contribution < 1.29 is 9.59 Å². The maximum absolute atomic E-state index is 11.7. The van der Waals surface area contributed by atoms with Gasteiger partial charge in [-0.25, -0.2) is 0 Å². The number of halogens is 1. The molecular formula is C10H8ClNO2S2. The van der Waals surface area contributed by atoms with E-state index in [9.17, 15) is 9.59 Å². The summed E-state index contributed by atoms with van der Waals surface area (Å²) < 4.78 is 0.668. The molecule has 0 saturated carbocycles. The van der Waals surface area contributed by atoms with Crippen LogP contribution in [-0.4, -0.2) is 22.6 Å². The Kier molecular flexibility index (Phi) is 3.37. The van der Waals surface area contributed by atoms with Crippen LogP contribution in [0.15, 0.2) is 17.0 Å². The van der Waals surface area contributed by atoms with Gasteiger partial charge in [-0.15, -0.1) is 11.3 Å². The average Bonchev–Trinajstić information content (AvgIpc) is 2.74. The number of thiophene rings is 1. The molecule has 0 N–H and O–H groups in total. The highest BCUT2D eigenvalue weighted by molar-refractivity contribution is 8.18. The normalized spacial score (nSPS) is 18.9. The lowest BCUT2D eigenvalue weighted by Crippen LogP contribution is -2.27. The number of hydrogen-bond donors (Lipinski definition) is 0. The molecule has 2 rings (SSSR count). The van der Waals surface area contributed by atoms with Crippen LogP contribution in [-0.2, 0) is 4.79 Å². The number of nitrogens with zero attached hydrogens (tertiary/aromatic N) is 1. The maximum Gasteiger partial charge on any atom is 0.293 e. The van der Waals surface area contributed by atoms with Gasteiger partial charge in [0.15, 0.2) is 0 Å². The first-order valence-electron chi connectivity index (χ1n) is 4.62. The summed E-state index contributed by atoms with van der Waals surface area (Å²) in [7, 11) is 0. The average molecular weight is 274 g/mol. The van der Waals surface area contributed by atoms with Crippen LogP contribution in [0.2, 0.25) is 4.34 Å². The molecule has 2 heterocycles. The van der Waals surface area contributed by atoms with Gasteiger partial charge in [-0.3, -0.25) is 14.5 Å². The van der Waals surface area contributed by atoms with Gasteiger partial charge < -0.3 is 0 Å². The van der Waals surface area contributed by atoms with Crippen molar-refractivity contribution in [2.24, 2.45) is 0 Å². The number of likely N-dealkylation sites (N-methyl/N-ethyl adjacent to an activating group) is 1. The number of carbonyl (C=O) groups excluding carboxylic acids is 2. The zero-order valence-corrected chi connectivity index (χ0v) is 10.8. The summed E-state index contributed by atoms with van der Waals surface area (Å²) in [6.07, 6.45) is 1.71. The quantitative estimate of drug-likeness (QED) is 0.775. The smallest absolute Gasteiger partial charge is 0.269 e. The summed E-state index contributed by atoms with van der Waals surface area (Å²) in [5.74, 6) is -0.220. The van der Waals surface area contributed by atoms with E-state index in [1.165, 1.54) is 16.2 Å². The molecule has 0 radical (unpaired) electrons. The van der Waals surface area contributed by atoms with Gasteiger partial charge in [-0.1, -0.05) is 11.6 Å². The van der Waals surface area contributed by atoms with Crippen molar-refractivity contribution in [3.8, 4) is 0 Å². The van der Waals surface area contributed by atoms with Crippen LogP contribution in [0.1, 0.15) is 11.8 Å². The Labute approximate surface area is 106 Å². The zero-order valence-electron chi connectivity index (χ0n) is 8.40. The van der Waals surface area contributed by atoms with Crippen LogP contribution in [0.4, 0.5) is 4.79 Å². The van der Waals surface area contributed by atoms with E-state index in [2.05, 4.69) is 0 Å². The molecule has 0 spiro atoms. The Bertz CT molecular complexity index is 481. The summed E-state index contributed by atoms with van der Waals surface area (Å²) in [4.78, 5) is 25.7.